The molecule has 0 heteroatoms. The van der Waals surface area contributed by atoms with E-state index >= 15 is 0 Å². The van der Waals surface area contributed by atoms with E-state index in [9.17, 15) is 0 Å². The van der Waals surface area contributed by atoms with Crippen molar-refractivity contribution in [1.29, 1.82) is 0 Å². The Kier molecular flexibility index (Phi) is 7.74. The predicted molar refractivity (Wildman–Crippen MR) is 102 cm³/mol. The van der Waals surface area contributed by atoms with Gasteiger partial charge in [-0.25, -0.2) is 0 Å². The van der Waals surface area contributed by atoms with Gasteiger partial charge in [0.1, 0.15) is 0 Å². The van der Waals surface area contributed by atoms with Gasteiger partial charge in [0.25, 0.3) is 0 Å². The molecule has 0 amide bonds. The molecular weight excluding hydrogens is 276 g/mol. The first-order valence-electron chi connectivity index (χ1n) is 9.25. The van der Waals surface area contributed by atoms with Crippen LogP contribution in [0.15, 0.2) is 42.5 Å². The third-order valence-corrected chi connectivity index (χ3v) is 4.87. The Balaban J connectivity index is 1.73. The lowest BCUT2D eigenvalue weighted by Crippen LogP contribution is -2.12. The second-order valence-electron chi connectivity index (χ2n) is 6.65. The van der Waals surface area contributed by atoms with Gasteiger partial charge in [0.05, 0.1) is 0 Å². The standard InChI is InChI=1S/C23H30/c1-3-9-21-16-18-23(19-17-21)11-8-6-5-7-10-22-14-12-20(4-2)13-15-22/h7-8,10-15,21,23H,3-4,9,16-19H2,1-2H3/b10-7+,11-8+/t21-,23-. The number of aryl methyl sites for hydroxylation is 1. The molecule has 2 rings (SSSR count). The van der Waals surface area contributed by atoms with E-state index in [1.165, 1.54) is 49.7 Å². The molecule has 0 aliphatic heterocycles. The van der Waals surface area contributed by atoms with Gasteiger partial charge >= 0.3 is 0 Å². The van der Waals surface area contributed by atoms with Crippen molar-refractivity contribution in [1.82, 2.24) is 0 Å². The molecule has 1 fully saturated rings. The Labute approximate surface area is 142 Å². The molecule has 0 nitrogen and oxygen atoms in total. The summed E-state index contributed by atoms with van der Waals surface area (Å²) in [5.41, 5.74) is 2.60. The molecule has 0 radical (unpaired) electrons. The summed E-state index contributed by atoms with van der Waals surface area (Å²) in [6.45, 7) is 4.48. The molecule has 0 spiro atoms. The summed E-state index contributed by atoms with van der Waals surface area (Å²) in [5, 5.41) is 0. The van der Waals surface area contributed by atoms with Gasteiger partial charge in [0, 0.05) is 0 Å². The van der Waals surface area contributed by atoms with E-state index in [-0.39, 0.29) is 0 Å². The van der Waals surface area contributed by atoms with Crippen LogP contribution in [0.1, 0.15) is 63.5 Å². The van der Waals surface area contributed by atoms with Crippen molar-refractivity contribution in [2.75, 3.05) is 0 Å². The number of allylic oxidation sites excluding steroid dienone is 3. The van der Waals surface area contributed by atoms with Gasteiger partial charge < -0.3 is 0 Å². The van der Waals surface area contributed by atoms with Crippen LogP contribution in [-0.4, -0.2) is 0 Å². The molecule has 122 valence electrons. The lowest BCUT2D eigenvalue weighted by atomic mass is 9.80. The third-order valence-electron chi connectivity index (χ3n) is 4.87. The molecule has 0 atom stereocenters. The number of hydrogen-bond acceptors (Lipinski definition) is 0. The third kappa shape index (κ3) is 6.49. The van der Waals surface area contributed by atoms with Gasteiger partial charge in [-0.2, -0.15) is 0 Å². The number of rotatable bonds is 5. The highest BCUT2D eigenvalue weighted by atomic mass is 14.2. The molecule has 1 aromatic rings. The molecule has 0 saturated heterocycles. The van der Waals surface area contributed by atoms with E-state index < -0.39 is 0 Å². The van der Waals surface area contributed by atoms with E-state index in [4.69, 9.17) is 0 Å². The van der Waals surface area contributed by atoms with E-state index in [1.54, 1.807) is 0 Å². The maximum atomic E-state index is 3.14. The fraction of sp³-hybridized carbons (Fsp3) is 0.478. The van der Waals surface area contributed by atoms with Crippen LogP contribution in [0, 0.1) is 23.7 Å². The maximum Gasteiger partial charge on any atom is -0.0109 e. The molecule has 0 aromatic heterocycles. The molecule has 1 aliphatic rings. The van der Waals surface area contributed by atoms with Gasteiger partial charge in [-0.3, -0.25) is 0 Å². The SMILES string of the molecule is CCC[C@H]1CC[C@H](/C=C/C#C/C=C/c2ccc(CC)cc2)CC1. The Morgan fingerprint density at radius 1 is 0.957 bits per heavy atom. The number of hydrogen-bond donors (Lipinski definition) is 0. The predicted octanol–water partition coefficient (Wildman–Crippen LogP) is 6.43. The molecule has 1 aromatic carbocycles. The molecule has 0 bridgehead atoms. The zero-order valence-corrected chi connectivity index (χ0v) is 14.7. The minimum atomic E-state index is 0.753. The topological polar surface area (TPSA) is 0 Å². The average molecular weight is 306 g/mol. The highest BCUT2D eigenvalue weighted by molar-refractivity contribution is 5.53. The molecular formula is C23H30. The summed E-state index contributed by atoms with van der Waals surface area (Å²) in [6, 6.07) is 8.67. The molecule has 23 heavy (non-hydrogen) atoms. The van der Waals surface area contributed by atoms with Gasteiger partial charge in [-0.15, -0.1) is 0 Å². The van der Waals surface area contributed by atoms with Crippen LogP contribution in [0.5, 0.6) is 0 Å². The summed E-state index contributed by atoms with van der Waals surface area (Å²) < 4.78 is 0. The van der Waals surface area contributed by atoms with Crippen LogP contribution in [0.25, 0.3) is 6.08 Å². The van der Waals surface area contributed by atoms with E-state index in [0.717, 1.165) is 18.3 Å². The second-order valence-corrected chi connectivity index (χ2v) is 6.65. The molecule has 1 aliphatic carbocycles. The highest BCUT2D eigenvalue weighted by Crippen LogP contribution is 2.31. The normalized spacial score (nSPS) is 21.5. The summed E-state index contributed by atoms with van der Waals surface area (Å²) >= 11 is 0. The zero-order valence-electron chi connectivity index (χ0n) is 14.7. The molecule has 0 N–H and O–H groups in total. The monoisotopic (exact) mass is 306 g/mol. The first-order chi connectivity index (χ1) is 11.3. The lowest BCUT2D eigenvalue weighted by Gasteiger charge is -2.26. The van der Waals surface area contributed by atoms with Crippen molar-refractivity contribution >= 4 is 6.08 Å². The first kappa shape index (κ1) is 17.6. The lowest BCUT2D eigenvalue weighted by molar-refractivity contribution is 0.294. The minimum absolute atomic E-state index is 0.753. The fourth-order valence-electron chi connectivity index (χ4n) is 3.36. The van der Waals surface area contributed by atoms with Crippen molar-refractivity contribution < 1.29 is 0 Å². The van der Waals surface area contributed by atoms with Crippen LogP contribution >= 0.6 is 0 Å². The smallest absolute Gasteiger partial charge is 0.0109 e. The van der Waals surface area contributed by atoms with Crippen LogP contribution in [0.3, 0.4) is 0 Å². The summed E-state index contributed by atoms with van der Waals surface area (Å²) in [5.74, 6) is 8.00. The Hall–Kier alpha value is -1.74. The number of benzene rings is 1. The van der Waals surface area contributed by atoms with E-state index in [1.807, 2.05) is 6.08 Å². The van der Waals surface area contributed by atoms with Crippen LogP contribution in [0.4, 0.5) is 0 Å². The van der Waals surface area contributed by atoms with Crippen LogP contribution in [-0.2, 0) is 6.42 Å². The maximum absolute atomic E-state index is 3.14. The van der Waals surface area contributed by atoms with Gasteiger partial charge in [-0.1, -0.05) is 68.9 Å². The summed E-state index contributed by atoms with van der Waals surface area (Å²) in [4.78, 5) is 0. The highest BCUT2D eigenvalue weighted by Gasteiger charge is 2.18. The van der Waals surface area contributed by atoms with Gasteiger partial charge in [0.15, 0.2) is 0 Å². The van der Waals surface area contributed by atoms with Crippen LogP contribution in [0.2, 0.25) is 0 Å². The van der Waals surface area contributed by atoms with E-state index in [0.29, 0.717) is 0 Å². The van der Waals surface area contributed by atoms with Crippen molar-refractivity contribution in [3.8, 4) is 11.8 Å². The molecule has 0 unspecified atom stereocenters. The zero-order chi connectivity index (χ0) is 16.3. The quantitative estimate of drug-likeness (QED) is 0.550. The van der Waals surface area contributed by atoms with E-state index in [2.05, 4.69) is 68.2 Å². The Morgan fingerprint density at radius 2 is 1.65 bits per heavy atom. The van der Waals surface area contributed by atoms with Crippen molar-refractivity contribution in [3.63, 3.8) is 0 Å². The van der Waals surface area contributed by atoms with Gasteiger partial charge in [-0.05, 0) is 73.3 Å². The second kappa shape index (κ2) is 10.1. The molecule has 1 saturated carbocycles. The fourth-order valence-corrected chi connectivity index (χ4v) is 3.36. The summed E-state index contributed by atoms with van der Waals surface area (Å²) in [6.07, 6.45) is 17.8. The van der Waals surface area contributed by atoms with Crippen LogP contribution < -0.4 is 0 Å². The molecule has 0 heterocycles. The van der Waals surface area contributed by atoms with Crippen molar-refractivity contribution in [2.45, 2.75) is 58.8 Å². The first-order valence-corrected chi connectivity index (χ1v) is 9.25. The summed E-state index contributed by atoms with van der Waals surface area (Å²) in [7, 11) is 0. The van der Waals surface area contributed by atoms with Gasteiger partial charge in [0.2, 0.25) is 0 Å². The van der Waals surface area contributed by atoms with Crippen molar-refractivity contribution in [3.05, 3.63) is 53.6 Å². The Morgan fingerprint density at radius 3 is 2.30 bits per heavy atom. The largest absolute Gasteiger partial charge is 0.0730 e. The Bertz CT molecular complexity index is 554. The minimum Gasteiger partial charge on any atom is -0.0730 e. The average Bonchev–Trinajstić information content (AvgIpc) is 2.60. The van der Waals surface area contributed by atoms with Crippen molar-refractivity contribution in [2.24, 2.45) is 11.8 Å².